The molecule has 3 rings (SSSR count). The van der Waals surface area contributed by atoms with Gasteiger partial charge in [0.05, 0.1) is 25.9 Å². The molecule has 1 aliphatic rings. The molecule has 0 spiro atoms. The van der Waals surface area contributed by atoms with Gasteiger partial charge in [-0.05, 0) is 38.5 Å². The highest BCUT2D eigenvalue weighted by atomic mass is 16.5. The van der Waals surface area contributed by atoms with E-state index in [1.54, 1.807) is 27.9 Å². The maximum Gasteiger partial charge on any atom is 0.355 e. The lowest BCUT2D eigenvalue weighted by Gasteiger charge is -2.36. The number of piperazine rings is 1. The molecule has 1 aromatic carbocycles. The molecule has 0 bridgehead atoms. The van der Waals surface area contributed by atoms with Crippen LogP contribution in [-0.2, 0) is 16.0 Å². The first-order valence-corrected chi connectivity index (χ1v) is 10.7. The van der Waals surface area contributed by atoms with E-state index in [0.29, 0.717) is 29.1 Å². The second-order valence-corrected chi connectivity index (χ2v) is 7.38. The zero-order chi connectivity index (χ0) is 22.4. The van der Waals surface area contributed by atoms with Gasteiger partial charge in [0, 0.05) is 50.2 Å². The molecule has 8 nitrogen and oxygen atoms in total. The molecule has 0 unspecified atom stereocenters. The quantitative estimate of drug-likeness (QED) is 0.646. The number of nitrogens with zero attached hydrogens (tertiary/aromatic N) is 2. The second kappa shape index (κ2) is 10.3. The summed E-state index contributed by atoms with van der Waals surface area (Å²) in [4.78, 5) is 32.6. The average molecular weight is 430 g/mol. The monoisotopic (exact) mass is 429 g/mol. The topological polar surface area (TPSA) is 84.1 Å². The Hall–Kier alpha value is -3.00. The Morgan fingerprint density at radius 3 is 2.35 bits per heavy atom. The number of hydrogen-bond donors (Lipinski definition) is 1. The molecule has 1 aromatic heterocycles. The predicted molar refractivity (Wildman–Crippen MR) is 118 cm³/mol. The van der Waals surface area contributed by atoms with Crippen molar-refractivity contribution < 1.29 is 23.8 Å². The van der Waals surface area contributed by atoms with Crippen LogP contribution in [0, 0.1) is 6.92 Å². The van der Waals surface area contributed by atoms with Crippen molar-refractivity contribution in [3.63, 3.8) is 0 Å². The average Bonchev–Trinajstić information content (AvgIpc) is 3.10. The van der Waals surface area contributed by atoms with Crippen molar-refractivity contribution in [2.24, 2.45) is 0 Å². The molecular formula is C23H31N3O5. The van der Waals surface area contributed by atoms with Crippen LogP contribution in [0.15, 0.2) is 24.3 Å². The number of anilines is 1. The molecule has 0 aliphatic carbocycles. The SMILES string of the molecule is CCOC(=O)c1[nH]c(CN2CCN(c3cccc(OC)c3)CC2)c(C(=O)OCC)c1C. The summed E-state index contributed by atoms with van der Waals surface area (Å²) in [5.74, 6) is -0.0381. The van der Waals surface area contributed by atoms with E-state index in [1.807, 2.05) is 18.2 Å². The molecule has 1 aliphatic heterocycles. The Bertz CT molecular complexity index is 916. The van der Waals surface area contributed by atoms with Gasteiger partial charge in [-0.1, -0.05) is 6.07 Å². The fraction of sp³-hybridized carbons (Fsp3) is 0.478. The Balaban J connectivity index is 1.74. The van der Waals surface area contributed by atoms with Crippen molar-refractivity contribution in [3.8, 4) is 5.75 Å². The third kappa shape index (κ3) is 5.19. The minimum absolute atomic E-state index is 0.271. The number of aromatic nitrogens is 1. The van der Waals surface area contributed by atoms with Crippen molar-refractivity contribution >= 4 is 17.6 Å². The van der Waals surface area contributed by atoms with Gasteiger partial charge in [0.1, 0.15) is 11.4 Å². The van der Waals surface area contributed by atoms with Crippen molar-refractivity contribution in [1.29, 1.82) is 0 Å². The van der Waals surface area contributed by atoms with Crippen LogP contribution < -0.4 is 9.64 Å². The highest BCUT2D eigenvalue weighted by Gasteiger charge is 2.27. The maximum absolute atomic E-state index is 12.6. The molecule has 2 aromatic rings. The summed E-state index contributed by atoms with van der Waals surface area (Å²) in [6.07, 6.45) is 0. The normalized spacial score (nSPS) is 14.4. The molecule has 1 fully saturated rings. The van der Waals surface area contributed by atoms with Crippen LogP contribution in [0.2, 0.25) is 0 Å². The fourth-order valence-corrected chi connectivity index (χ4v) is 3.86. The number of ether oxygens (including phenoxy) is 3. The summed E-state index contributed by atoms with van der Waals surface area (Å²) in [5.41, 5.74) is 3.14. The summed E-state index contributed by atoms with van der Waals surface area (Å²) in [6, 6.07) is 8.04. The molecular weight excluding hydrogens is 398 g/mol. The summed E-state index contributed by atoms with van der Waals surface area (Å²) in [7, 11) is 1.67. The first-order chi connectivity index (χ1) is 15.0. The molecule has 0 atom stereocenters. The summed E-state index contributed by atoms with van der Waals surface area (Å²) in [5, 5.41) is 0. The second-order valence-electron chi connectivity index (χ2n) is 7.38. The van der Waals surface area contributed by atoms with Gasteiger partial charge < -0.3 is 24.1 Å². The fourth-order valence-electron chi connectivity index (χ4n) is 3.86. The van der Waals surface area contributed by atoms with Crippen molar-refractivity contribution in [2.45, 2.75) is 27.3 Å². The van der Waals surface area contributed by atoms with Gasteiger partial charge in [-0.2, -0.15) is 0 Å². The molecule has 0 saturated carbocycles. The lowest BCUT2D eigenvalue weighted by atomic mass is 10.1. The van der Waals surface area contributed by atoms with Gasteiger partial charge in [0.15, 0.2) is 0 Å². The standard InChI is InChI=1S/C23H31N3O5/c1-5-30-22(27)20-16(3)21(23(28)31-6-2)24-19(20)15-25-10-12-26(13-11-25)17-8-7-9-18(14-17)29-4/h7-9,14,24H,5-6,10-13,15H2,1-4H3. The molecule has 31 heavy (non-hydrogen) atoms. The number of methoxy groups -OCH3 is 1. The highest BCUT2D eigenvalue weighted by Crippen LogP contribution is 2.25. The Morgan fingerprint density at radius 1 is 1.03 bits per heavy atom. The third-order valence-electron chi connectivity index (χ3n) is 5.46. The number of esters is 2. The van der Waals surface area contributed by atoms with E-state index in [2.05, 4.69) is 20.9 Å². The van der Waals surface area contributed by atoms with Crippen LogP contribution in [0.3, 0.4) is 0 Å². The van der Waals surface area contributed by atoms with Crippen molar-refractivity contribution in [2.75, 3.05) is 51.4 Å². The number of aromatic amines is 1. The molecule has 0 amide bonds. The van der Waals surface area contributed by atoms with E-state index < -0.39 is 11.9 Å². The first-order valence-electron chi connectivity index (χ1n) is 10.7. The number of rotatable bonds is 8. The maximum atomic E-state index is 12.6. The van der Waals surface area contributed by atoms with E-state index in [0.717, 1.165) is 37.6 Å². The zero-order valence-electron chi connectivity index (χ0n) is 18.7. The smallest absolute Gasteiger partial charge is 0.355 e. The van der Waals surface area contributed by atoms with Crippen LogP contribution in [0.5, 0.6) is 5.75 Å². The Kier molecular flexibility index (Phi) is 7.57. The lowest BCUT2D eigenvalue weighted by molar-refractivity contribution is 0.0517. The number of carbonyl (C=O) groups is 2. The van der Waals surface area contributed by atoms with Crippen molar-refractivity contribution in [3.05, 3.63) is 46.8 Å². The molecule has 168 valence electrons. The third-order valence-corrected chi connectivity index (χ3v) is 5.46. The van der Waals surface area contributed by atoms with Gasteiger partial charge in [0.2, 0.25) is 0 Å². The van der Waals surface area contributed by atoms with Crippen LogP contribution in [0.4, 0.5) is 5.69 Å². The summed E-state index contributed by atoms with van der Waals surface area (Å²) < 4.78 is 15.7. The van der Waals surface area contributed by atoms with E-state index in [9.17, 15) is 9.59 Å². The first kappa shape index (κ1) is 22.7. The summed E-state index contributed by atoms with van der Waals surface area (Å²) in [6.45, 7) is 9.70. The number of carbonyl (C=O) groups excluding carboxylic acids is 2. The number of nitrogens with one attached hydrogen (secondary N) is 1. The molecule has 1 N–H and O–H groups in total. The van der Waals surface area contributed by atoms with Crippen LogP contribution >= 0.6 is 0 Å². The van der Waals surface area contributed by atoms with Crippen LogP contribution in [0.1, 0.15) is 46.0 Å². The van der Waals surface area contributed by atoms with Gasteiger partial charge >= 0.3 is 11.9 Å². The minimum Gasteiger partial charge on any atom is -0.497 e. The number of benzene rings is 1. The number of hydrogen-bond acceptors (Lipinski definition) is 7. The van der Waals surface area contributed by atoms with E-state index >= 15 is 0 Å². The Morgan fingerprint density at radius 2 is 1.71 bits per heavy atom. The molecule has 2 heterocycles. The van der Waals surface area contributed by atoms with Crippen molar-refractivity contribution in [1.82, 2.24) is 9.88 Å². The minimum atomic E-state index is -0.459. The van der Waals surface area contributed by atoms with Crippen LogP contribution in [0.25, 0.3) is 0 Å². The molecule has 8 heteroatoms. The highest BCUT2D eigenvalue weighted by molar-refractivity contribution is 5.98. The molecule has 0 radical (unpaired) electrons. The Labute approximate surface area is 183 Å². The van der Waals surface area contributed by atoms with Gasteiger partial charge in [-0.15, -0.1) is 0 Å². The lowest BCUT2D eigenvalue weighted by Crippen LogP contribution is -2.46. The van der Waals surface area contributed by atoms with Gasteiger partial charge in [-0.25, -0.2) is 9.59 Å². The van der Waals surface area contributed by atoms with Gasteiger partial charge in [-0.3, -0.25) is 4.90 Å². The van der Waals surface area contributed by atoms with Gasteiger partial charge in [0.25, 0.3) is 0 Å². The van der Waals surface area contributed by atoms with E-state index in [-0.39, 0.29) is 13.2 Å². The van der Waals surface area contributed by atoms with E-state index in [4.69, 9.17) is 14.2 Å². The molecule has 1 saturated heterocycles. The van der Waals surface area contributed by atoms with Crippen LogP contribution in [-0.4, -0.2) is 68.3 Å². The zero-order valence-corrected chi connectivity index (χ0v) is 18.7. The predicted octanol–water partition coefficient (Wildman–Crippen LogP) is 3.01. The van der Waals surface area contributed by atoms with E-state index in [1.165, 1.54) is 0 Å². The largest absolute Gasteiger partial charge is 0.497 e. The summed E-state index contributed by atoms with van der Waals surface area (Å²) >= 11 is 0. The number of H-pyrrole nitrogens is 1.